The Bertz CT molecular complexity index is 421. The van der Waals surface area contributed by atoms with Crippen molar-refractivity contribution >= 4 is 0 Å². The van der Waals surface area contributed by atoms with Gasteiger partial charge in [-0.05, 0) is 49.7 Å². The molecule has 0 saturated heterocycles. The summed E-state index contributed by atoms with van der Waals surface area (Å²) in [5.74, 6) is 0.433. The Balaban J connectivity index is 1.73. The number of aryl methyl sites for hydroxylation is 1. The molecule has 1 aromatic rings. The predicted molar refractivity (Wildman–Crippen MR) is 75.9 cm³/mol. The van der Waals surface area contributed by atoms with Gasteiger partial charge in [-0.15, -0.1) is 0 Å². The van der Waals surface area contributed by atoms with Gasteiger partial charge in [0.15, 0.2) is 0 Å². The summed E-state index contributed by atoms with van der Waals surface area (Å²) in [6, 6.07) is 5.11. The second-order valence-corrected chi connectivity index (χ2v) is 5.99. The maximum atomic E-state index is 9.53. The smallest absolute Gasteiger partial charge is 0.0605 e. The van der Waals surface area contributed by atoms with E-state index < -0.39 is 0 Å². The van der Waals surface area contributed by atoms with Crippen LogP contribution >= 0.6 is 0 Å². The van der Waals surface area contributed by atoms with Crippen LogP contribution in [0.3, 0.4) is 0 Å². The fourth-order valence-electron chi connectivity index (χ4n) is 3.68. The Morgan fingerprint density at radius 2 is 2.11 bits per heavy atom. The summed E-state index contributed by atoms with van der Waals surface area (Å²) in [5, 5.41) is 13.3. The third-order valence-electron chi connectivity index (χ3n) is 4.75. The Hall–Kier alpha value is -0.930. The van der Waals surface area contributed by atoms with Gasteiger partial charge >= 0.3 is 0 Å². The van der Waals surface area contributed by atoms with E-state index in [1.807, 2.05) is 12.3 Å². The second kappa shape index (κ2) is 6.02. The monoisotopic (exact) mass is 260 g/mol. The fourth-order valence-corrected chi connectivity index (χ4v) is 3.68. The molecule has 2 N–H and O–H groups in total. The van der Waals surface area contributed by atoms with Gasteiger partial charge in [0.2, 0.25) is 0 Å². The van der Waals surface area contributed by atoms with Gasteiger partial charge in [-0.2, -0.15) is 0 Å². The zero-order chi connectivity index (χ0) is 13.1. The van der Waals surface area contributed by atoms with E-state index in [9.17, 15) is 5.11 Å². The zero-order valence-electron chi connectivity index (χ0n) is 11.5. The van der Waals surface area contributed by atoms with Crippen molar-refractivity contribution in [2.24, 2.45) is 5.92 Å². The van der Waals surface area contributed by atoms with E-state index in [2.05, 4.69) is 16.4 Å². The Morgan fingerprint density at radius 1 is 1.21 bits per heavy atom. The van der Waals surface area contributed by atoms with Gasteiger partial charge in [-0.1, -0.05) is 18.9 Å². The standard InChI is InChI=1S/C16H24N2O/c19-11-13-5-1-2-8-14(13)18-15-9-3-6-12-7-4-10-17-16(12)15/h4,7,10,13-15,18-19H,1-3,5-6,8-9,11H2. The van der Waals surface area contributed by atoms with Gasteiger partial charge in [-0.3, -0.25) is 4.98 Å². The molecule has 1 fully saturated rings. The van der Waals surface area contributed by atoms with Gasteiger partial charge < -0.3 is 10.4 Å². The Kier molecular flexibility index (Phi) is 4.14. The lowest BCUT2D eigenvalue weighted by Crippen LogP contribution is -2.43. The number of nitrogens with zero attached hydrogens (tertiary/aromatic N) is 1. The second-order valence-electron chi connectivity index (χ2n) is 5.99. The zero-order valence-corrected chi connectivity index (χ0v) is 11.5. The average molecular weight is 260 g/mol. The fraction of sp³-hybridized carbons (Fsp3) is 0.688. The van der Waals surface area contributed by atoms with Gasteiger partial charge in [0.05, 0.1) is 5.69 Å². The highest BCUT2D eigenvalue weighted by Gasteiger charge is 2.29. The van der Waals surface area contributed by atoms with Crippen molar-refractivity contribution in [1.82, 2.24) is 10.3 Å². The first-order valence-corrected chi connectivity index (χ1v) is 7.69. The van der Waals surface area contributed by atoms with Crippen molar-refractivity contribution in [2.75, 3.05) is 6.61 Å². The first-order chi connectivity index (χ1) is 9.38. The number of hydrogen-bond donors (Lipinski definition) is 2. The quantitative estimate of drug-likeness (QED) is 0.878. The maximum Gasteiger partial charge on any atom is 0.0605 e. The van der Waals surface area contributed by atoms with Gasteiger partial charge in [0.25, 0.3) is 0 Å². The normalized spacial score (nSPS) is 30.9. The van der Waals surface area contributed by atoms with Crippen molar-refractivity contribution in [2.45, 2.75) is 57.0 Å². The van der Waals surface area contributed by atoms with E-state index in [0.717, 1.165) is 12.8 Å². The Morgan fingerprint density at radius 3 is 3.00 bits per heavy atom. The van der Waals surface area contributed by atoms with Gasteiger partial charge in [-0.25, -0.2) is 0 Å². The van der Waals surface area contributed by atoms with Crippen molar-refractivity contribution in [3.8, 4) is 0 Å². The molecule has 19 heavy (non-hydrogen) atoms. The molecule has 0 aliphatic heterocycles. The van der Waals surface area contributed by atoms with Crippen LogP contribution in [-0.2, 0) is 6.42 Å². The summed E-state index contributed by atoms with van der Waals surface area (Å²) in [7, 11) is 0. The molecule has 0 bridgehead atoms. The highest BCUT2D eigenvalue weighted by Crippen LogP contribution is 2.31. The summed E-state index contributed by atoms with van der Waals surface area (Å²) in [6.07, 6.45) is 10.4. The molecule has 0 radical (unpaired) electrons. The van der Waals surface area contributed by atoms with E-state index in [-0.39, 0.29) is 0 Å². The lowest BCUT2D eigenvalue weighted by atomic mass is 9.83. The van der Waals surface area contributed by atoms with Crippen LogP contribution < -0.4 is 5.32 Å². The number of pyridine rings is 1. The van der Waals surface area contributed by atoms with Crippen LogP contribution in [0.25, 0.3) is 0 Å². The maximum absolute atomic E-state index is 9.53. The molecule has 3 atom stereocenters. The molecule has 0 spiro atoms. The van der Waals surface area contributed by atoms with Crippen molar-refractivity contribution in [3.05, 3.63) is 29.6 Å². The third kappa shape index (κ3) is 2.82. The summed E-state index contributed by atoms with van der Waals surface area (Å²) >= 11 is 0. The Labute approximate surface area is 115 Å². The van der Waals surface area contributed by atoms with Crippen LogP contribution in [-0.4, -0.2) is 22.7 Å². The van der Waals surface area contributed by atoms with E-state index >= 15 is 0 Å². The molecule has 0 amide bonds. The molecular formula is C16H24N2O. The van der Waals surface area contributed by atoms with Crippen molar-refractivity contribution in [1.29, 1.82) is 0 Å². The van der Waals surface area contributed by atoms with E-state index in [0.29, 0.717) is 24.6 Å². The number of aliphatic hydroxyl groups is 1. The summed E-state index contributed by atoms with van der Waals surface area (Å²) in [4.78, 5) is 4.59. The SMILES string of the molecule is OCC1CCCCC1NC1CCCc2cccnc21. The number of aliphatic hydroxyl groups excluding tert-OH is 1. The summed E-state index contributed by atoms with van der Waals surface area (Å²) < 4.78 is 0. The topological polar surface area (TPSA) is 45.1 Å². The summed E-state index contributed by atoms with van der Waals surface area (Å²) in [5.41, 5.74) is 2.65. The number of rotatable bonds is 3. The predicted octanol–water partition coefficient (Wildman–Crippen LogP) is 2.60. The minimum atomic E-state index is 0.319. The lowest BCUT2D eigenvalue weighted by Gasteiger charge is -2.36. The van der Waals surface area contributed by atoms with Crippen LogP contribution in [0.5, 0.6) is 0 Å². The minimum absolute atomic E-state index is 0.319. The average Bonchev–Trinajstić information content (AvgIpc) is 2.48. The molecule has 104 valence electrons. The molecule has 3 unspecified atom stereocenters. The molecule has 2 aliphatic carbocycles. The first-order valence-electron chi connectivity index (χ1n) is 7.69. The molecule has 3 heteroatoms. The number of hydrogen-bond acceptors (Lipinski definition) is 3. The van der Waals surface area contributed by atoms with Crippen LogP contribution in [0.15, 0.2) is 18.3 Å². The van der Waals surface area contributed by atoms with E-state index in [1.54, 1.807) is 0 Å². The third-order valence-corrected chi connectivity index (χ3v) is 4.75. The highest BCUT2D eigenvalue weighted by atomic mass is 16.3. The molecule has 1 aromatic heterocycles. The van der Waals surface area contributed by atoms with Crippen LogP contribution in [0, 0.1) is 5.92 Å². The molecule has 2 aliphatic rings. The molecule has 0 aromatic carbocycles. The minimum Gasteiger partial charge on any atom is -0.396 e. The molecule has 1 saturated carbocycles. The molecule has 1 heterocycles. The molecular weight excluding hydrogens is 236 g/mol. The van der Waals surface area contributed by atoms with Gasteiger partial charge in [0, 0.05) is 24.9 Å². The van der Waals surface area contributed by atoms with E-state index in [4.69, 9.17) is 0 Å². The largest absolute Gasteiger partial charge is 0.396 e. The number of fused-ring (bicyclic) bond motifs is 1. The van der Waals surface area contributed by atoms with Crippen molar-refractivity contribution < 1.29 is 5.11 Å². The molecule has 3 rings (SSSR count). The molecule has 3 nitrogen and oxygen atoms in total. The first kappa shape index (κ1) is 13.1. The van der Waals surface area contributed by atoms with Gasteiger partial charge in [0.1, 0.15) is 0 Å². The lowest BCUT2D eigenvalue weighted by molar-refractivity contribution is 0.143. The van der Waals surface area contributed by atoms with Crippen LogP contribution in [0.2, 0.25) is 0 Å². The van der Waals surface area contributed by atoms with E-state index in [1.165, 1.54) is 43.4 Å². The van der Waals surface area contributed by atoms with Crippen LogP contribution in [0.1, 0.15) is 55.8 Å². The van der Waals surface area contributed by atoms with Crippen LogP contribution in [0.4, 0.5) is 0 Å². The van der Waals surface area contributed by atoms with Crippen molar-refractivity contribution in [3.63, 3.8) is 0 Å². The number of nitrogens with one attached hydrogen (secondary N) is 1. The summed E-state index contributed by atoms with van der Waals surface area (Å²) in [6.45, 7) is 0.319. The highest BCUT2D eigenvalue weighted by molar-refractivity contribution is 5.25. The number of aromatic nitrogens is 1.